The third-order valence-corrected chi connectivity index (χ3v) is 6.99. The second kappa shape index (κ2) is 10.5. The average Bonchev–Trinajstić information content (AvgIpc) is 3.31. The van der Waals surface area contributed by atoms with Gasteiger partial charge in [0, 0.05) is 23.8 Å². The molecule has 5 atom stereocenters. The van der Waals surface area contributed by atoms with E-state index in [0.717, 1.165) is 11.8 Å². The van der Waals surface area contributed by atoms with E-state index in [4.69, 9.17) is 32.7 Å². The summed E-state index contributed by atoms with van der Waals surface area (Å²) in [6.45, 7) is -0.478. The van der Waals surface area contributed by atoms with Crippen LogP contribution in [0.1, 0.15) is 11.7 Å². The molecule has 0 aliphatic carbocycles. The number of pyridine rings is 1. The Morgan fingerprint density at radius 3 is 2.82 bits per heavy atom. The van der Waals surface area contributed by atoms with E-state index in [0.29, 0.717) is 21.2 Å². The number of aliphatic hydroxyl groups is 2. The van der Waals surface area contributed by atoms with Gasteiger partial charge in [-0.15, -0.1) is 5.10 Å². The van der Waals surface area contributed by atoms with E-state index in [1.807, 2.05) is 6.07 Å². The quantitative estimate of drug-likeness (QED) is 0.498. The van der Waals surface area contributed by atoms with Crippen LogP contribution in [0.4, 0.5) is 4.39 Å². The van der Waals surface area contributed by atoms with Crippen molar-refractivity contribution in [3.05, 3.63) is 58.2 Å². The highest BCUT2D eigenvalue weighted by Gasteiger charge is 2.47. The second-order valence-corrected chi connectivity index (χ2v) is 9.33. The van der Waals surface area contributed by atoms with Crippen molar-refractivity contribution in [1.29, 1.82) is 5.26 Å². The summed E-state index contributed by atoms with van der Waals surface area (Å²) in [5.41, 5.74) is 0.157. The van der Waals surface area contributed by atoms with Crippen molar-refractivity contribution in [1.82, 2.24) is 20.0 Å². The Morgan fingerprint density at radius 1 is 1.35 bits per heavy atom. The van der Waals surface area contributed by atoms with Crippen molar-refractivity contribution in [2.75, 3.05) is 13.7 Å². The van der Waals surface area contributed by atoms with E-state index in [1.165, 1.54) is 36.3 Å². The van der Waals surface area contributed by atoms with Gasteiger partial charge in [0.05, 0.1) is 22.8 Å². The minimum absolute atomic E-state index is 0.0201. The number of benzene rings is 1. The van der Waals surface area contributed by atoms with E-state index in [2.05, 4.69) is 15.3 Å². The van der Waals surface area contributed by atoms with Crippen LogP contribution in [0.25, 0.3) is 11.3 Å². The van der Waals surface area contributed by atoms with Gasteiger partial charge in [-0.3, -0.25) is 0 Å². The number of nitrogens with zero attached hydrogens (tertiary/aromatic N) is 5. The first-order chi connectivity index (χ1) is 16.4. The Kier molecular flexibility index (Phi) is 7.69. The fourth-order valence-corrected chi connectivity index (χ4v) is 5.24. The van der Waals surface area contributed by atoms with Crippen LogP contribution >= 0.6 is 35.0 Å². The molecular weight excluding hydrogens is 508 g/mol. The largest absolute Gasteiger partial charge is 0.394 e. The van der Waals surface area contributed by atoms with Gasteiger partial charge in [-0.2, -0.15) is 5.26 Å². The van der Waals surface area contributed by atoms with E-state index < -0.39 is 42.2 Å². The summed E-state index contributed by atoms with van der Waals surface area (Å²) in [5.74, 6) is -0.602. The minimum Gasteiger partial charge on any atom is -0.394 e. The van der Waals surface area contributed by atoms with Crippen LogP contribution in [-0.2, 0) is 9.47 Å². The predicted molar refractivity (Wildman–Crippen MR) is 122 cm³/mol. The molecule has 9 nitrogen and oxygen atoms in total. The smallest absolute Gasteiger partial charge is 0.154 e. The van der Waals surface area contributed by atoms with Crippen molar-refractivity contribution in [2.45, 2.75) is 34.7 Å². The molecule has 34 heavy (non-hydrogen) atoms. The lowest BCUT2D eigenvalue weighted by molar-refractivity contribution is -0.186. The molecule has 0 amide bonds. The maximum Gasteiger partial charge on any atom is 0.154 e. The molecule has 3 heterocycles. The van der Waals surface area contributed by atoms with Gasteiger partial charge in [0.2, 0.25) is 0 Å². The average molecular weight is 526 g/mol. The van der Waals surface area contributed by atoms with Gasteiger partial charge >= 0.3 is 0 Å². The molecule has 0 radical (unpaired) electrons. The number of methoxy groups -OCH3 is 1. The van der Waals surface area contributed by atoms with Crippen LogP contribution in [0.2, 0.25) is 10.0 Å². The van der Waals surface area contributed by atoms with Crippen molar-refractivity contribution in [3.8, 4) is 17.3 Å². The summed E-state index contributed by atoms with van der Waals surface area (Å²) in [6.07, 6.45) is -0.0846. The molecule has 2 aromatic heterocycles. The third-order valence-electron chi connectivity index (χ3n) is 5.30. The molecule has 1 aromatic carbocycles. The van der Waals surface area contributed by atoms with Crippen LogP contribution in [0.5, 0.6) is 0 Å². The number of rotatable bonds is 6. The van der Waals surface area contributed by atoms with Crippen LogP contribution in [0.3, 0.4) is 0 Å². The molecule has 0 spiro atoms. The van der Waals surface area contributed by atoms with Crippen molar-refractivity contribution < 1.29 is 24.1 Å². The van der Waals surface area contributed by atoms with Crippen LogP contribution < -0.4 is 0 Å². The standard InChI is InChI=1S/C21H18Cl2FN5O4S/c1-32-20-18(29-8-15(27-28-29)10-2-3-12(23)13(24)4-10)19(31)16(9-30)33-21(20)34-17-5-11(22)7-26-14(17)6-25/h2-5,7-8,16,18-21,30-31H,9H2,1H3. The van der Waals surface area contributed by atoms with Crippen LogP contribution in [-0.4, -0.2) is 67.7 Å². The van der Waals surface area contributed by atoms with Gasteiger partial charge < -0.3 is 19.7 Å². The second-order valence-electron chi connectivity index (χ2n) is 7.35. The molecule has 3 aromatic rings. The Labute approximate surface area is 208 Å². The number of hydrogen-bond donors (Lipinski definition) is 2. The zero-order chi connectivity index (χ0) is 24.4. The lowest BCUT2D eigenvalue weighted by Crippen LogP contribution is -2.55. The topological polar surface area (TPSA) is 126 Å². The van der Waals surface area contributed by atoms with E-state index in [-0.39, 0.29) is 10.7 Å². The normalized spacial score (nSPS) is 24.7. The molecule has 4 rings (SSSR count). The lowest BCUT2D eigenvalue weighted by atomic mass is 9.97. The summed E-state index contributed by atoms with van der Waals surface area (Å²) in [6, 6.07) is 6.98. The molecule has 1 aliphatic rings. The highest BCUT2D eigenvalue weighted by molar-refractivity contribution is 7.99. The van der Waals surface area contributed by atoms with Crippen LogP contribution in [0.15, 0.2) is 41.6 Å². The van der Waals surface area contributed by atoms with Crippen molar-refractivity contribution >= 4 is 35.0 Å². The molecule has 0 saturated carbocycles. The highest BCUT2D eigenvalue weighted by Crippen LogP contribution is 2.40. The number of ether oxygens (including phenoxy) is 2. The molecule has 1 aliphatic heterocycles. The monoisotopic (exact) mass is 525 g/mol. The van der Waals surface area contributed by atoms with Gasteiger partial charge in [0.1, 0.15) is 47.4 Å². The Hall–Kier alpha value is -2.30. The summed E-state index contributed by atoms with van der Waals surface area (Å²) in [5, 5.41) is 38.7. The van der Waals surface area contributed by atoms with E-state index in [1.54, 1.807) is 12.1 Å². The number of thioether (sulfide) groups is 1. The van der Waals surface area contributed by atoms with E-state index in [9.17, 15) is 19.9 Å². The predicted octanol–water partition coefficient (Wildman–Crippen LogP) is 3.08. The van der Waals surface area contributed by atoms with Crippen LogP contribution in [0, 0.1) is 17.1 Å². The Balaban J connectivity index is 1.68. The van der Waals surface area contributed by atoms with Gasteiger partial charge in [0.15, 0.2) is 5.69 Å². The van der Waals surface area contributed by atoms with E-state index >= 15 is 0 Å². The highest BCUT2D eigenvalue weighted by atomic mass is 35.5. The van der Waals surface area contributed by atoms with Gasteiger partial charge in [-0.05, 0) is 18.2 Å². The third kappa shape index (κ3) is 4.89. The zero-order valence-corrected chi connectivity index (χ0v) is 19.9. The fourth-order valence-electron chi connectivity index (χ4n) is 3.64. The maximum atomic E-state index is 13.9. The fraction of sp³-hybridized carbons (Fsp3) is 0.333. The van der Waals surface area contributed by atoms with Crippen molar-refractivity contribution in [2.24, 2.45) is 0 Å². The molecule has 1 saturated heterocycles. The minimum atomic E-state index is -1.21. The first kappa shape index (κ1) is 24.8. The Bertz CT molecular complexity index is 1230. The van der Waals surface area contributed by atoms with Gasteiger partial charge in [-0.1, -0.05) is 46.2 Å². The number of halogens is 3. The lowest BCUT2D eigenvalue weighted by Gasteiger charge is -2.43. The molecular formula is C21H18Cl2FN5O4S. The maximum absolute atomic E-state index is 13.9. The molecule has 13 heteroatoms. The first-order valence-electron chi connectivity index (χ1n) is 9.93. The summed E-state index contributed by atoms with van der Waals surface area (Å²) < 4.78 is 26.9. The van der Waals surface area contributed by atoms with Crippen molar-refractivity contribution in [3.63, 3.8) is 0 Å². The summed E-state index contributed by atoms with van der Waals surface area (Å²) >= 11 is 12.9. The molecule has 5 unspecified atom stereocenters. The Morgan fingerprint density at radius 2 is 2.15 bits per heavy atom. The summed E-state index contributed by atoms with van der Waals surface area (Å²) in [7, 11) is 1.44. The van der Waals surface area contributed by atoms with Gasteiger partial charge in [-0.25, -0.2) is 14.1 Å². The summed E-state index contributed by atoms with van der Waals surface area (Å²) in [4.78, 5) is 4.47. The number of aromatic nitrogens is 4. The molecule has 1 fully saturated rings. The molecule has 0 bridgehead atoms. The first-order valence-corrected chi connectivity index (χ1v) is 11.6. The number of nitriles is 1. The molecule has 2 N–H and O–H groups in total. The molecule has 178 valence electrons. The SMILES string of the molecule is COC1C(Sc2cc(Cl)cnc2C#N)OC(CO)C(O)C1n1cc(-c2ccc(Cl)c(F)c2)nn1. The number of aliphatic hydroxyl groups excluding tert-OH is 2. The number of hydrogen-bond acceptors (Lipinski definition) is 9. The zero-order valence-electron chi connectivity index (χ0n) is 17.5. The van der Waals surface area contributed by atoms with Gasteiger partial charge in [0.25, 0.3) is 0 Å².